The predicted octanol–water partition coefficient (Wildman–Crippen LogP) is 8.04. The van der Waals surface area contributed by atoms with Gasteiger partial charge in [-0.1, -0.05) is 78.9 Å². The highest BCUT2D eigenvalue weighted by Crippen LogP contribution is 2.46. The zero-order valence-corrected chi connectivity index (χ0v) is 24.8. The third-order valence-corrected chi connectivity index (χ3v) is 7.72. The van der Waals surface area contributed by atoms with Gasteiger partial charge in [0.1, 0.15) is 10.5 Å². The number of thiophene rings is 1. The first kappa shape index (κ1) is 28.7. The Balaban J connectivity index is 1.83. The Kier molecular flexibility index (Phi) is 9.36. The molecule has 0 atom stereocenters. The van der Waals surface area contributed by atoms with Crippen LogP contribution in [0.5, 0.6) is 0 Å². The maximum absolute atomic E-state index is 12.3. The number of hydrogen-bond acceptors (Lipinski definition) is 6. The van der Waals surface area contributed by atoms with Gasteiger partial charge in [-0.05, 0) is 44.5 Å². The minimum absolute atomic E-state index is 0.303. The molecule has 0 spiro atoms. The molecule has 0 radical (unpaired) electrons. The number of guanidine groups is 1. The Morgan fingerprint density at radius 3 is 2.12 bits per heavy atom. The largest absolute Gasteiger partial charge is 0.463 e. The Hall–Kier alpha value is -4.82. The van der Waals surface area contributed by atoms with Crippen LogP contribution in [0.2, 0.25) is 0 Å². The Morgan fingerprint density at radius 2 is 1.50 bits per heavy atom. The zero-order valence-electron chi connectivity index (χ0n) is 23.9. The van der Waals surface area contributed by atoms with Crippen molar-refractivity contribution in [1.82, 2.24) is 15.1 Å². The molecule has 0 aliphatic carbocycles. The fraction of sp³-hybridized carbons (Fsp3) is 0.176. The topological polar surface area (TPSA) is 79.7 Å². The number of carbonyl (C=O) groups excluding carboxylic acids is 1. The van der Waals surface area contributed by atoms with Crippen LogP contribution in [0.4, 0.5) is 11.4 Å². The van der Waals surface area contributed by atoms with E-state index in [1.165, 1.54) is 17.4 Å². The van der Waals surface area contributed by atoms with Crippen LogP contribution < -0.4 is 5.32 Å². The molecule has 1 N–H and O–H groups in total. The molecular formula is C34H33N5O2S. The Labute approximate surface area is 250 Å². The fourth-order valence-electron chi connectivity index (χ4n) is 4.69. The third kappa shape index (κ3) is 6.39. The monoisotopic (exact) mass is 575 g/mol. The molecule has 0 fully saturated rings. The predicted molar refractivity (Wildman–Crippen MR) is 174 cm³/mol. The Morgan fingerprint density at radius 1 is 0.881 bits per heavy atom. The number of aromatic nitrogens is 2. The molecule has 0 bridgehead atoms. The van der Waals surface area contributed by atoms with E-state index < -0.39 is 5.97 Å². The number of para-hydroxylation sites is 1. The number of carbonyl (C=O) groups is 1. The summed E-state index contributed by atoms with van der Waals surface area (Å²) < 4.78 is 5.18. The highest BCUT2D eigenvalue weighted by molar-refractivity contribution is 7.20. The average Bonchev–Trinajstić information content (AvgIpc) is 3.38. The molecule has 0 aliphatic heterocycles. The van der Waals surface area contributed by atoms with Crippen LogP contribution in [0.1, 0.15) is 25.6 Å². The Bertz CT molecular complexity index is 1700. The second-order valence-corrected chi connectivity index (χ2v) is 10.4. The quantitative estimate of drug-likeness (QED) is 0.0829. The SMILES string of the molecule is CCOC(=O)/C=C/c1sc2nnc(-c3ccccc3)c(-c3ccccc3)c2c1N=C(Nc1ccccc1)N(CC)CC. The summed E-state index contributed by atoms with van der Waals surface area (Å²) in [5.41, 5.74) is 5.32. The number of hydrogen-bond donors (Lipinski definition) is 1. The molecular weight excluding hydrogens is 542 g/mol. The number of esters is 1. The summed E-state index contributed by atoms with van der Waals surface area (Å²) in [5, 5.41) is 13.8. The van der Waals surface area contributed by atoms with Gasteiger partial charge in [-0.25, -0.2) is 9.79 Å². The van der Waals surface area contributed by atoms with E-state index in [0.29, 0.717) is 18.3 Å². The number of ether oxygens (including phenoxy) is 1. The third-order valence-electron chi connectivity index (χ3n) is 6.70. The van der Waals surface area contributed by atoms with E-state index in [9.17, 15) is 4.79 Å². The number of benzene rings is 3. The van der Waals surface area contributed by atoms with Crippen LogP contribution in [0, 0.1) is 0 Å². The van der Waals surface area contributed by atoms with Crippen molar-refractivity contribution in [1.29, 1.82) is 0 Å². The summed E-state index contributed by atoms with van der Waals surface area (Å²) in [5.74, 6) is 0.296. The molecule has 212 valence electrons. The maximum atomic E-state index is 12.3. The first-order chi connectivity index (χ1) is 20.6. The van der Waals surface area contributed by atoms with Gasteiger partial charge < -0.3 is 15.0 Å². The van der Waals surface area contributed by atoms with Crippen LogP contribution in [-0.2, 0) is 9.53 Å². The van der Waals surface area contributed by atoms with Gasteiger partial charge in [0.25, 0.3) is 0 Å². The molecule has 0 amide bonds. The second kappa shape index (κ2) is 13.7. The maximum Gasteiger partial charge on any atom is 0.330 e. The molecule has 2 aromatic heterocycles. The second-order valence-electron chi connectivity index (χ2n) is 9.33. The van der Waals surface area contributed by atoms with Crippen molar-refractivity contribution in [2.45, 2.75) is 20.8 Å². The van der Waals surface area contributed by atoms with Crippen LogP contribution in [0.3, 0.4) is 0 Å². The van der Waals surface area contributed by atoms with Crippen LogP contribution in [0.15, 0.2) is 102 Å². The van der Waals surface area contributed by atoms with Gasteiger partial charge in [0.15, 0.2) is 0 Å². The fourth-order valence-corrected chi connectivity index (χ4v) is 5.66. The summed E-state index contributed by atoms with van der Waals surface area (Å²) in [7, 11) is 0. The standard InChI is InChI=1S/C34H33N5O2S/c1-4-39(5-2)34(35-26-20-14-9-15-21-26)36-32-27(22-23-28(40)41-6-3)42-33-30(32)29(24-16-10-7-11-17-24)31(37-38-33)25-18-12-8-13-19-25/h7-23H,4-6H2,1-3H3,(H,35,36)/b23-22+. The van der Waals surface area contributed by atoms with Crippen LogP contribution in [0.25, 0.3) is 38.7 Å². The molecule has 3 aromatic carbocycles. The molecule has 0 saturated heterocycles. The lowest BCUT2D eigenvalue weighted by Crippen LogP contribution is -2.36. The van der Waals surface area contributed by atoms with E-state index in [-0.39, 0.29) is 0 Å². The van der Waals surface area contributed by atoms with Gasteiger partial charge in [0.2, 0.25) is 5.96 Å². The van der Waals surface area contributed by atoms with E-state index in [4.69, 9.17) is 14.8 Å². The number of aliphatic imine (C=N–C) groups is 1. The van der Waals surface area contributed by atoms with Crippen molar-refractivity contribution < 1.29 is 9.53 Å². The summed E-state index contributed by atoms with van der Waals surface area (Å²) in [6, 6.07) is 30.3. The summed E-state index contributed by atoms with van der Waals surface area (Å²) >= 11 is 1.45. The minimum atomic E-state index is -0.407. The number of anilines is 1. The first-order valence-corrected chi connectivity index (χ1v) is 14.9. The van der Waals surface area contributed by atoms with E-state index in [1.54, 1.807) is 13.0 Å². The van der Waals surface area contributed by atoms with Gasteiger partial charge in [-0.3, -0.25) is 0 Å². The zero-order chi connectivity index (χ0) is 29.3. The summed E-state index contributed by atoms with van der Waals surface area (Å²) in [6.45, 7) is 7.82. The molecule has 0 unspecified atom stereocenters. The minimum Gasteiger partial charge on any atom is -0.463 e. The van der Waals surface area contributed by atoms with Gasteiger partial charge in [-0.2, -0.15) is 0 Å². The highest BCUT2D eigenvalue weighted by Gasteiger charge is 2.23. The number of nitrogens with one attached hydrogen (secondary N) is 1. The molecule has 8 heteroatoms. The van der Waals surface area contributed by atoms with Gasteiger partial charge in [-0.15, -0.1) is 21.5 Å². The van der Waals surface area contributed by atoms with Crippen molar-refractivity contribution in [3.8, 4) is 22.4 Å². The van der Waals surface area contributed by atoms with Crippen LogP contribution >= 0.6 is 11.3 Å². The molecule has 0 saturated carbocycles. The van der Waals surface area contributed by atoms with Crippen molar-refractivity contribution in [2.24, 2.45) is 4.99 Å². The normalized spacial score (nSPS) is 11.6. The molecule has 7 nitrogen and oxygen atoms in total. The average molecular weight is 576 g/mol. The van der Waals surface area contributed by atoms with Gasteiger partial charge in [0.05, 0.1) is 17.2 Å². The van der Waals surface area contributed by atoms with Gasteiger partial charge >= 0.3 is 5.97 Å². The highest BCUT2D eigenvalue weighted by atomic mass is 32.1. The van der Waals surface area contributed by atoms with Crippen molar-refractivity contribution >= 4 is 50.9 Å². The number of rotatable bonds is 9. The van der Waals surface area contributed by atoms with E-state index >= 15 is 0 Å². The lowest BCUT2D eigenvalue weighted by atomic mass is 9.96. The summed E-state index contributed by atoms with van der Waals surface area (Å²) in [4.78, 5) is 21.3. The van der Waals surface area contributed by atoms with Gasteiger partial charge in [0, 0.05) is 41.4 Å². The smallest absolute Gasteiger partial charge is 0.330 e. The van der Waals surface area contributed by atoms with E-state index in [2.05, 4.69) is 41.3 Å². The van der Waals surface area contributed by atoms with Crippen molar-refractivity contribution in [3.05, 3.63) is 102 Å². The van der Waals surface area contributed by atoms with Crippen molar-refractivity contribution in [2.75, 3.05) is 25.0 Å². The molecule has 5 rings (SSSR count). The first-order valence-electron chi connectivity index (χ1n) is 14.1. The van der Waals surface area contributed by atoms with Crippen LogP contribution in [-0.4, -0.2) is 46.7 Å². The molecule has 0 aliphatic rings. The number of fused-ring (bicyclic) bond motifs is 1. The summed E-state index contributed by atoms with van der Waals surface area (Å²) in [6.07, 6.45) is 3.21. The lowest BCUT2D eigenvalue weighted by molar-refractivity contribution is -0.137. The van der Waals surface area contributed by atoms with E-state index in [0.717, 1.165) is 56.3 Å². The molecule has 5 aromatic rings. The van der Waals surface area contributed by atoms with E-state index in [1.807, 2.05) is 78.9 Å². The van der Waals surface area contributed by atoms with Crippen molar-refractivity contribution in [3.63, 3.8) is 0 Å². The number of nitrogens with zero attached hydrogens (tertiary/aromatic N) is 4. The molecule has 42 heavy (non-hydrogen) atoms. The molecule has 2 heterocycles. The lowest BCUT2D eigenvalue weighted by Gasteiger charge is -2.24.